The minimum absolute atomic E-state index is 0.0413. The Balaban J connectivity index is 1.93. The summed E-state index contributed by atoms with van der Waals surface area (Å²) in [7, 11) is 1.60. The van der Waals surface area contributed by atoms with Gasteiger partial charge >= 0.3 is 0 Å². The Morgan fingerprint density at radius 2 is 2.00 bits per heavy atom. The summed E-state index contributed by atoms with van der Waals surface area (Å²) in [5.41, 5.74) is 1.47. The number of carbonyl (C=O) groups is 1. The standard InChI is InChI=1S/C17H21N3O3/c1-12(2)15-8-17(22)20(11-19-15)10-16(21)18-9-13-4-6-14(23-3)7-5-13/h4-8,11-12H,9-10H2,1-3H3,(H,18,21). The first-order valence-corrected chi connectivity index (χ1v) is 7.45. The minimum atomic E-state index is -0.234. The molecule has 0 aliphatic carbocycles. The SMILES string of the molecule is COc1ccc(CNC(=O)Cn2cnc(C(C)C)cc2=O)cc1. The Morgan fingerprint density at radius 1 is 1.30 bits per heavy atom. The van der Waals surface area contributed by atoms with Crippen molar-refractivity contribution in [1.82, 2.24) is 14.9 Å². The Labute approximate surface area is 135 Å². The summed E-state index contributed by atoms with van der Waals surface area (Å²) in [6.07, 6.45) is 1.42. The van der Waals surface area contributed by atoms with Crippen molar-refractivity contribution in [1.29, 1.82) is 0 Å². The van der Waals surface area contributed by atoms with Gasteiger partial charge in [-0.25, -0.2) is 4.98 Å². The number of rotatable bonds is 6. The van der Waals surface area contributed by atoms with Crippen molar-refractivity contribution in [2.75, 3.05) is 7.11 Å². The zero-order valence-corrected chi connectivity index (χ0v) is 13.6. The van der Waals surface area contributed by atoms with E-state index in [4.69, 9.17) is 4.74 Å². The van der Waals surface area contributed by atoms with Crippen LogP contribution in [-0.2, 0) is 17.9 Å². The van der Waals surface area contributed by atoms with E-state index in [0.717, 1.165) is 17.0 Å². The number of nitrogens with one attached hydrogen (secondary N) is 1. The van der Waals surface area contributed by atoms with Crippen LogP contribution in [0, 0.1) is 0 Å². The molecule has 2 rings (SSSR count). The highest BCUT2D eigenvalue weighted by atomic mass is 16.5. The van der Waals surface area contributed by atoms with Crippen molar-refractivity contribution in [3.05, 3.63) is 58.3 Å². The Bertz CT molecular complexity index is 721. The smallest absolute Gasteiger partial charge is 0.254 e. The van der Waals surface area contributed by atoms with E-state index in [9.17, 15) is 9.59 Å². The number of hydrogen-bond donors (Lipinski definition) is 1. The van der Waals surface area contributed by atoms with Gasteiger partial charge in [-0.1, -0.05) is 26.0 Å². The van der Waals surface area contributed by atoms with Gasteiger partial charge in [-0.3, -0.25) is 14.2 Å². The zero-order valence-electron chi connectivity index (χ0n) is 13.6. The first-order chi connectivity index (χ1) is 11.0. The maximum Gasteiger partial charge on any atom is 0.254 e. The highest BCUT2D eigenvalue weighted by molar-refractivity contribution is 5.75. The molecule has 0 aliphatic rings. The predicted octanol–water partition coefficient (Wildman–Crippen LogP) is 1.69. The van der Waals surface area contributed by atoms with E-state index >= 15 is 0 Å². The van der Waals surface area contributed by atoms with E-state index in [1.165, 1.54) is 17.0 Å². The normalized spacial score (nSPS) is 10.6. The van der Waals surface area contributed by atoms with Crippen LogP contribution in [0.1, 0.15) is 31.0 Å². The van der Waals surface area contributed by atoms with E-state index in [0.29, 0.717) is 6.54 Å². The van der Waals surface area contributed by atoms with Gasteiger partial charge in [-0.15, -0.1) is 0 Å². The summed E-state index contributed by atoms with van der Waals surface area (Å²) >= 11 is 0. The molecule has 0 radical (unpaired) electrons. The molecule has 1 N–H and O–H groups in total. The van der Waals surface area contributed by atoms with Crippen LogP contribution in [0.25, 0.3) is 0 Å². The Hall–Kier alpha value is -2.63. The number of aromatic nitrogens is 2. The molecule has 6 nitrogen and oxygen atoms in total. The highest BCUT2D eigenvalue weighted by Gasteiger charge is 2.07. The molecule has 23 heavy (non-hydrogen) atoms. The second-order valence-corrected chi connectivity index (χ2v) is 5.56. The molecule has 122 valence electrons. The minimum Gasteiger partial charge on any atom is -0.497 e. The first kappa shape index (κ1) is 16.7. The van der Waals surface area contributed by atoms with Gasteiger partial charge in [0.05, 0.1) is 19.1 Å². The van der Waals surface area contributed by atoms with Crippen LogP contribution in [0.15, 0.2) is 41.5 Å². The second kappa shape index (κ2) is 7.58. The van der Waals surface area contributed by atoms with E-state index in [1.807, 2.05) is 38.1 Å². The fourth-order valence-corrected chi connectivity index (χ4v) is 2.03. The van der Waals surface area contributed by atoms with Crippen LogP contribution in [0.4, 0.5) is 0 Å². The van der Waals surface area contributed by atoms with Crippen molar-refractivity contribution < 1.29 is 9.53 Å². The number of methoxy groups -OCH3 is 1. The van der Waals surface area contributed by atoms with Gasteiger partial charge in [0.1, 0.15) is 12.3 Å². The van der Waals surface area contributed by atoms with Crippen LogP contribution < -0.4 is 15.6 Å². The fourth-order valence-electron chi connectivity index (χ4n) is 2.03. The maximum absolute atomic E-state index is 12.0. The number of hydrogen-bond acceptors (Lipinski definition) is 4. The summed E-state index contributed by atoms with van der Waals surface area (Å²) < 4.78 is 6.38. The quantitative estimate of drug-likeness (QED) is 0.880. The average Bonchev–Trinajstić information content (AvgIpc) is 2.55. The average molecular weight is 315 g/mol. The predicted molar refractivity (Wildman–Crippen MR) is 87.4 cm³/mol. The number of nitrogens with zero attached hydrogens (tertiary/aromatic N) is 2. The molecule has 0 saturated heterocycles. The van der Waals surface area contributed by atoms with E-state index in [1.54, 1.807) is 7.11 Å². The monoisotopic (exact) mass is 315 g/mol. The van der Waals surface area contributed by atoms with Crippen LogP contribution in [0.2, 0.25) is 0 Å². The van der Waals surface area contributed by atoms with Crippen molar-refractivity contribution >= 4 is 5.91 Å². The van der Waals surface area contributed by atoms with E-state index in [2.05, 4.69) is 10.3 Å². The molecule has 0 aliphatic heterocycles. The molecule has 1 heterocycles. The molecule has 6 heteroatoms. The molecule has 1 aromatic heterocycles. The Morgan fingerprint density at radius 3 is 2.57 bits per heavy atom. The summed E-state index contributed by atoms with van der Waals surface area (Å²) in [5, 5.41) is 2.78. The first-order valence-electron chi connectivity index (χ1n) is 7.45. The lowest BCUT2D eigenvalue weighted by Crippen LogP contribution is -2.32. The lowest BCUT2D eigenvalue weighted by atomic mass is 10.1. The van der Waals surface area contributed by atoms with Crippen molar-refractivity contribution in [3.8, 4) is 5.75 Å². The van der Waals surface area contributed by atoms with Gasteiger partial charge in [0.25, 0.3) is 5.56 Å². The van der Waals surface area contributed by atoms with Crippen molar-refractivity contribution in [3.63, 3.8) is 0 Å². The van der Waals surface area contributed by atoms with Gasteiger partial charge < -0.3 is 10.1 Å². The summed E-state index contributed by atoms with van der Waals surface area (Å²) in [4.78, 5) is 28.1. The van der Waals surface area contributed by atoms with Crippen molar-refractivity contribution in [2.24, 2.45) is 0 Å². The number of carbonyl (C=O) groups excluding carboxylic acids is 1. The number of ether oxygens (including phenoxy) is 1. The van der Waals surface area contributed by atoms with E-state index < -0.39 is 0 Å². The fraction of sp³-hybridized carbons (Fsp3) is 0.353. The maximum atomic E-state index is 12.0. The molecule has 1 amide bonds. The second-order valence-electron chi connectivity index (χ2n) is 5.56. The highest BCUT2D eigenvalue weighted by Crippen LogP contribution is 2.11. The van der Waals surface area contributed by atoms with Gasteiger partial charge in [-0.05, 0) is 23.6 Å². The van der Waals surface area contributed by atoms with Crippen LogP contribution in [0.3, 0.4) is 0 Å². The molecular formula is C17H21N3O3. The van der Waals surface area contributed by atoms with Gasteiger partial charge in [0.2, 0.25) is 5.91 Å². The Kier molecular flexibility index (Phi) is 5.51. The molecule has 0 spiro atoms. The molecule has 0 unspecified atom stereocenters. The van der Waals surface area contributed by atoms with E-state index in [-0.39, 0.29) is 23.9 Å². The van der Waals surface area contributed by atoms with Crippen LogP contribution in [0.5, 0.6) is 5.75 Å². The summed E-state index contributed by atoms with van der Waals surface area (Å²) in [5.74, 6) is 0.714. The third-order valence-corrected chi connectivity index (χ3v) is 3.45. The number of amides is 1. The van der Waals surface area contributed by atoms with Crippen LogP contribution in [-0.4, -0.2) is 22.6 Å². The molecule has 0 atom stereocenters. The molecule has 2 aromatic rings. The third kappa shape index (κ3) is 4.67. The van der Waals surface area contributed by atoms with Gasteiger partial charge in [0.15, 0.2) is 0 Å². The lowest BCUT2D eigenvalue weighted by Gasteiger charge is -2.09. The molecule has 1 aromatic carbocycles. The molecule has 0 saturated carbocycles. The van der Waals surface area contributed by atoms with Gasteiger partial charge in [-0.2, -0.15) is 0 Å². The molecule has 0 bridgehead atoms. The zero-order chi connectivity index (χ0) is 16.8. The molecular weight excluding hydrogens is 294 g/mol. The summed E-state index contributed by atoms with van der Waals surface area (Å²) in [6, 6.07) is 8.90. The molecule has 0 fully saturated rings. The van der Waals surface area contributed by atoms with Crippen LogP contribution >= 0.6 is 0 Å². The summed E-state index contributed by atoms with van der Waals surface area (Å²) in [6.45, 7) is 4.29. The number of benzene rings is 1. The topological polar surface area (TPSA) is 73.2 Å². The largest absolute Gasteiger partial charge is 0.497 e. The lowest BCUT2D eigenvalue weighted by molar-refractivity contribution is -0.121. The van der Waals surface area contributed by atoms with Gasteiger partial charge in [0, 0.05) is 12.6 Å². The van der Waals surface area contributed by atoms with Crippen molar-refractivity contribution in [2.45, 2.75) is 32.9 Å². The third-order valence-electron chi connectivity index (χ3n) is 3.45.